The fraction of sp³-hybridized carbons (Fsp3) is 0.875. The summed E-state index contributed by atoms with van der Waals surface area (Å²) in [6.07, 6.45) is -13.4. The highest BCUT2D eigenvalue weighted by Crippen LogP contribution is 2.34. The van der Waals surface area contributed by atoms with Crippen molar-refractivity contribution >= 4 is 5.91 Å². The minimum atomic E-state index is -2.34. The Bertz CT molecular complexity index is 614. The number of ether oxygens (including phenoxy) is 3. The Balaban J connectivity index is 2.28. The van der Waals surface area contributed by atoms with Gasteiger partial charge in [0.25, 0.3) is 0 Å². The van der Waals surface area contributed by atoms with E-state index in [0.29, 0.717) is 0 Å². The molecule has 2 fully saturated rings. The van der Waals surface area contributed by atoms with E-state index in [1.54, 1.807) is 6.07 Å². The molecule has 0 radical (unpaired) electrons. The summed E-state index contributed by atoms with van der Waals surface area (Å²) in [5.41, 5.74) is 0. The molecule has 1 unspecified atom stereocenters. The van der Waals surface area contributed by atoms with Crippen LogP contribution in [0.4, 0.5) is 0 Å². The van der Waals surface area contributed by atoms with E-state index >= 15 is 0 Å². The van der Waals surface area contributed by atoms with Gasteiger partial charge >= 0.3 is 0 Å². The van der Waals surface area contributed by atoms with Crippen molar-refractivity contribution in [1.29, 1.82) is 5.26 Å². The van der Waals surface area contributed by atoms with E-state index < -0.39 is 86.4 Å². The molecule has 29 heavy (non-hydrogen) atoms. The lowest BCUT2D eigenvalue weighted by Gasteiger charge is -2.50. The van der Waals surface area contributed by atoms with Crippen molar-refractivity contribution in [3.8, 4) is 6.07 Å². The van der Waals surface area contributed by atoms with Crippen molar-refractivity contribution in [3.63, 3.8) is 0 Å². The molecule has 2 aliphatic rings. The number of nitriles is 1. The van der Waals surface area contributed by atoms with Gasteiger partial charge in [-0.3, -0.25) is 4.79 Å². The molecule has 0 spiro atoms. The molecule has 10 atom stereocenters. The van der Waals surface area contributed by atoms with E-state index in [4.69, 9.17) is 19.5 Å². The Hall–Kier alpha value is -1.44. The molecule has 0 aromatic carbocycles. The Morgan fingerprint density at radius 1 is 1.10 bits per heavy atom. The third-order valence-electron chi connectivity index (χ3n) is 4.90. The number of aliphatic hydroxyl groups excluding tert-OH is 6. The number of amides is 1. The number of rotatable bonds is 6. The van der Waals surface area contributed by atoms with Crippen LogP contribution in [0.25, 0.3) is 0 Å². The van der Waals surface area contributed by atoms with Gasteiger partial charge in [0.05, 0.1) is 25.7 Å². The highest BCUT2D eigenvalue weighted by atomic mass is 16.7. The lowest BCUT2D eigenvalue weighted by atomic mass is 9.88. The molecule has 13 nitrogen and oxygen atoms in total. The average Bonchev–Trinajstić information content (AvgIpc) is 2.67. The number of carbonyl (C=O) groups is 1. The first-order chi connectivity index (χ1) is 13.6. The lowest BCUT2D eigenvalue weighted by molar-refractivity contribution is -0.365. The molecule has 0 bridgehead atoms. The summed E-state index contributed by atoms with van der Waals surface area (Å²) in [5, 5.41) is 81.2. The van der Waals surface area contributed by atoms with Crippen LogP contribution in [0.2, 0.25) is 0 Å². The van der Waals surface area contributed by atoms with Crippen molar-refractivity contribution in [1.82, 2.24) is 5.32 Å². The van der Waals surface area contributed by atoms with Crippen LogP contribution in [0, 0.1) is 11.3 Å². The van der Waals surface area contributed by atoms with E-state index in [9.17, 15) is 40.5 Å². The monoisotopic (exact) mass is 422 g/mol. The van der Waals surface area contributed by atoms with Crippen LogP contribution in [0.1, 0.15) is 13.3 Å². The summed E-state index contributed by atoms with van der Waals surface area (Å²) < 4.78 is 16.0. The average molecular weight is 422 g/mol. The second-order valence-corrected chi connectivity index (χ2v) is 6.99. The van der Waals surface area contributed by atoms with Crippen LogP contribution in [0.3, 0.4) is 0 Å². The first-order valence-corrected chi connectivity index (χ1v) is 8.88. The van der Waals surface area contributed by atoms with E-state index in [-0.39, 0.29) is 0 Å². The standard InChI is InChI=1S/C16H26N2O11/c1-6(21)18-14-12(25)13(8(5-20)29-16(14,26)2-3-17)28-15-11(24)10(23)9(22)7(4-19)27-15/h7-15,19-20,22-26H,2,4-5H2,1H3,(H,18,21)/t7-,8-,9+,10+,11-,12+,13-,14-,15+,16?/m1/s1. The predicted octanol–water partition coefficient (Wildman–Crippen LogP) is -4.97. The molecule has 2 heterocycles. The Kier molecular flexibility index (Phi) is 7.87. The minimum absolute atomic E-state index is 0.654. The maximum absolute atomic E-state index is 11.5. The molecule has 0 aliphatic carbocycles. The third kappa shape index (κ3) is 4.84. The zero-order chi connectivity index (χ0) is 21.9. The van der Waals surface area contributed by atoms with Gasteiger partial charge in [0.1, 0.15) is 48.8 Å². The number of aliphatic hydroxyl groups is 7. The minimum Gasteiger partial charge on any atom is -0.394 e. The van der Waals surface area contributed by atoms with Crippen molar-refractivity contribution in [2.24, 2.45) is 0 Å². The highest BCUT2D eigenvalue weighted by Gasteiger charge is 2.56. The van der Waals surface area contributed by atoms with E-state index in [2.05, 4.69) is 5.32 Å². The van der Waals surface area contributed by atoms with Gasteiger partial charge in [-0.05, 0) is 0 Å². The molecule has 2 rings (SSSR count). The van der Waals surface area contributed by atoms with Gasteiger partial charge in [0, 0.05) is 6.92 Å². The highest BCUT2D eigenvalue weighted by molar-refractivity contribution is 5.73. The summed E-state index contributed by atoms with van der Waals surface area (Å²) in [5.74, 6) is -3.01. The molecule has 0 saturated carbocycles. The van der Waals surface area contributed by atoms with Crippen molar-refractivity contribution in [3.05, 3.63) is 0 Å². The molecule has 2 aliphatic heterocycles. The molecule has 8 N–H and O–H groups in total. The van der Waals surface area contributed by atoms with Crippen molar-refractivity contribution in [2.75, 3.05) is 13.2 Å². The number of hydrogen-bond acceptors (Lipinski definition) is 12. The molecule has 0 aromatic heterocycles. The van der Waals surface area contributed by atoms with Crippen LogP contribution < -0.4 is 5.32 Å². The second kappa shape index (κ2) is 9.58. The Morgan fingerprint density at radius 2 is 1.72 bits per heavy atom. The van der Waals surface area contributed by atoms with Crippen LogP contribution in [0.15, 0.2) is 0 Å². The van der Waals surface area contributed by atoms with Crippen molar-refractivity contribution < 1.29 is 54.8 Å². The first kappa shape index (κ1) is 23.8. The number of nitrogens with zero attached hydrogens (tertiary/aromatic N) is 1. The van der Waals surface area contributed by atoms with Gasteiger partial charge in [0.2, 0.25) is 11.7 Å². The number of hydrogen-bond donors (Lipinski definition) is 8. The summed E-state index contributed by atoms with van der Waals surface area (Å²) in [6.45, 7) is -0.404. The van der Waals surface area contributed by atoms with Gasteiger partial charge in [-0.25, -0.2) is 0 Å². The van der Waals surface area contributed by atoms with Gasteiger partial charge in [-0.1, -0.05) is 0 Å². The van der Waals surface area contributed by atoms with Gasteiger partial charge < -0.3 is 55.3 Å². The van der Waals surface area contributed by atoms with Crippen LogP contribution >= 0.6 is 0 Å². The van der Waals surface area contributed by atoms with Crippen LogP contribution in [-0.2, 0) is 19.0 Å². The summed E-state index contributed by atoms with van der Waals surface area (Å²) in [4.78, 5) is 11.5. The normalized spacial score (nSPS) is 45.4. The fourth-order valence-electron chi connectivity index (χ4n) is 3.40. The van der Waals surface area contributed by atoms with E-state index in [1.807, 2.05) is 0 Å². The SMILES string of the molecule is CC(=O)N[C@@H]1[C@@H](O)[C@H](O[C@@H]2O[C@H](CO)[C@H](O)[C@H](O)[C@H]2O)[C@@H](CO)OC1(O)CC#N. The summed E-state index contributed by atoms with van der Waals surface area (Å²) in [6, 6.07) is 0.116. The molecule has 1 amide bonds. The van der Waals surface area contributed by atoms with Crippen LogP contribution in [0.5, 0.6) is 0 Å². The van der Waals surface area contributed by atoms with Gasteiger partial charge in [-0.2, -0.15) is 5.26 Å². The fourth-order valence-corrected chi connectivity index (χ4v) is 3.40. The predicted molar refractivity (Wildman–Crippen MR) is 89.4 cm³/mol. The molecule has 13 heteroatoms. The third-order valence-corrected chi connectivity index (χ3v) is 4.90. The summed E-state index contributed by atoms with van der Waals surface area (Å²) >= 11 is 0. The topological polar surface area (TPSA) is 222 Å². The molecular formula is C16H26N2O11. The smallest absolute Gasteiger partial charge is 0.217 e. The summed E-state index contributed by atoms with van der Waals surface area (Å²) in [7, 11) is 0. The quantitative estimate of drug-likeness (QED) is 0.202. The molecular weight excluding hydrogens is 396 g/mol. The zero-order valence-electron chi connectivity index (χ0n) is 15.5. The van der Waals surface area contributed by atoms with Gasteiger partial charge in [0.15, 0.2) is 6.29 Å². The maximum Gasteiger partial charge on any atom is 0.217 e. The Labute approximate surface area is 165 Å². The molecule has 0 aromatic rings. The Morgan fingerprint density at radius 3 is 2.24 bits per heavy atom. The van der Waals surface area contributed by atoms with Gasteiger partial charge in [-0.15, -0.1) is 0 Å². The number of carbonyl (C=O) groups excluding carboxylic acids is 1. The molecule has 2 saturated heterocycles. The largest absolute Gasteiger partial charge is 0.394 e. The first-order valence-electron chi connectivity index (χ1n) is 8.88. The van der Waals surface area contributed by atoms with E-state index in [0.717, 1.165) is 6.92 Å². The van der Waals surface area contributed by atoms with Crippen molar-refractivity contribution in [2.45, 2.75) is 74.2 Å². The van der Waals surface area contributed by atoms with E-state index in [1.165, 1.54) is 0 Å². The molecule has 166 valence electrons. The lowest BCUT2D eigenvalue weighted by Crippen LogP contribution is -2.71. The van der Waals surface area contributed by atoms with Crippen LogP contribution in [-0.4, -0.2) is 116 Å². The number of nitrogens with one attached hydrogen (secondary N) is 1. The zero-order valence-corrected chi connectivity index (χ0v) is 15.5. The second-order valence-electron chi connectivity index (χ2n) is 6.99. The maximum atomic E-state index is 11.5.